The zero-order valence-electron chi connectivity index (χ0n) is 16.3. The van der Waals surface area contributed by atoms with Gasteiger partial charge in [0.2, 0.25) is 5.91 Å². The molecular weight excluding hydrogens is 366 g/mol. The Morgan fingerprint density at radius 3 is 2.70 bits per heavy atom. The summed E-state index contributed by atoms with van der Waals surface area (Å²) in [5, 5.41) is 10.3. The van der Waals surface area contributed by atoms with Gasteiger partial charge in [-0.3, -0.25) is 9.59 Å². The molecule has 2 heterocycles. The SMILES string of the molecule is C=C1N[C@H]2[C@H](CS[C@H]2CCCCC(=O)NCCOCCOCCC(C)=O)N1. The van der Waals surface area contributed by atoms with Crippen molar-refractivity contribution >= 4 is 23.5 Å². The number of amides is 1. The number of unbranched alkanes of at least 4 members (excludes halogenated alkanes) is 1. The molecule has 0 bridgehead atoms. The number of fused-ring (bicyclic) bond motifs is 1. The van der Waals surface area contributed by atoms with Gasteiger partial charge >= 0.3 is 0 Å². The van der Waals surface area contributed by atoms with Crippen LogP contribution >= 0.6 is 11.8 Å². The second kappa shape index (κ2) is 12.3. The van der Waals surface area contributed by atoms with Crippen molar-refractivity contribution in [2.45, 2.75) is 56.4 Å². The molecule has 3 N–H and O–H groups in total. The molecule has 0 unspecified atom stereocenters. The van der Waals surface area contributed by atoms with Crippen LogP contribution < -0.4 is 16.0 Å². The Bertz CT molecular complexity index is 503. The van der Waals surface area contributed by atoms with Gasteiger partial charge in [-0.05, 0) is 19.8 Å². The van der Waals surface area contributed by atoms with E-state index in [0.717, 1.165) is 30.8 Å². The van der Waals surface area contributed by atoms with Crippen LogP contribution in [0.5, 0.6) is 0 Å². The molecule has 2 saturated heterocycles. The van der Waals surface area contributed by atoms with Crippen molar-refractivity contribution in [2.75, 3.05) is 38.7 Å². The number of hydrogen-bond acceptors (Lipinski definition) is 7. The van der Waals surface area contributed by atoms with Crippen molar-refractivity contribution in [3.8, 4) is 0 Å². The fourth-order valence-electron chi connectivity index (χ4n) is 3.27. The standard InChI is InChI=1S/C19H33N3O4S/c1-14(23)7-9-25-11-12-26-10-8-20-18(24)6-4-3-5-17-19-16(13-27-17)21-15(2)22-19/h16-17,19,21-22H,2-13H2,1H3,(H,20,24)/t16-,17-,19-/m0/s1. The minimum Gasteiger partial charge on any atom is -0.379 e. The van der Waals surface area contributed by atoms with Crippen LogP contribution in [0, 0.1) is 0 Å². The van der Waals surface area contributed by atoms with Gasteiger partial charge in [0.05, 0.1) is 44.3 Å². The molecule has 2 fully saturated rings. The van der Waals surface area contributed by atoms with Gasteiger partial charge in [-0.25, -0.2) is 0 Å². The number of ketones is 1. The first-order chi connectivity index (χ1) is 13.1. The van der Waals surface area contributed by atoms with E-state index in [0.29, 0.717) is 63.1 Å². The zero-order chi connectivity index (χ0) is 19.5. The van der Waals surface area contributed by atoms with Crippen LogP contribution in [0.1, 0.15) is 39.0 Å². The Labute approximate surface area is 166 Å². The lowest BCUT2D eigenvalue weighted by Crippen LogP contribution is -2.36. The first-order valence-corrected chi connectivity index (χ1v) is 10.9. The van der Waals surface area contributed by atoms with E-state index in [1.807, 2.05) is 11.8 Å². The van der Waals surface area contributed by atoms with Gasteiger partial charge in [-0.15, -0.1) is 0 Å². The molecule has 0 radical (unpaired) electrons. The van der Waals surface area contributed by atoms with Crippen molar-refractivity contribution in [1.82, 2.24) is 16.0 Å². The second-order valence-corrected chi connectivity index (χ2v) is 8.32. The van der Waals surface area contributed by atoms with E-state index in [9.17, 15) is 9.59 Å². The Morgan fingerprint density at radius 1 is 1.15 bits per heavy atom. The molecule has 154 valence electrons. The predicted octanol–water partition coefficient (Wildman–Crippen LogP) is 1.19. The molecule has 0 aromatic carbocycles. The molecule has 1 amide bonds. The Balaban J connectivity index is 1.38. The number of carbonyl (C=O) groups excluding carboxylic acids is 2. The highest BCUT2D eigenvalue weighted by atomic mass is 32.2. The monoisotopic (exact) mass is 399 g/mol. The average Bonchev–Trinajstić information content (AvgIpc) is 3.16. The van der Waals surface area contributed by atoms with E-state index in [2.05, 4.69) is 22.5 Å². The van der Waals surface area contributed by atoms with Gasteiger partial charge in [0.15, 0.2) is 0 Å². The zero-order valence-corrected chi connectivity index (χ0v) is 17.1. The van der Waals surface area contributed by atoms with Gasteiger partial charge in [0, 0.05) is 30.4 Å². The fraction of sp³-hybridized carbons (Fsp3) is 0.789. The number of nitrogens with one attached hydrogen (secondary N) is 3. The third-order valence-electron chi connectivity index (χ3n) is 4.71. The van der Waals surface area contributed by atoms with Crippen molar-refractivity contribution in [3.63, 3.8) is 0 Å². The maximum absolute atomic E-state index is 11.8. The molecule has 0 aromatic rings. The highest BCUT2D eigenvalue weighted by Crippen LogP contribution is 2.34. The lowest BCUT2D eigenvalue weighted by molar-refractivity contribution is -0.121. The summed E-state index contributed by atoms with van der Waals surface area (Å²) in [5.74, 6) is 2.29. The summed E-state index contributed by atoms with van der Waals surface area (Å²) >= 11 is 2.01. The summed E-state index contributed by atoms with van der Waals surface area (Å²) in [7, 11) is 0. The number of rotatable bonds is 14. The van der Waals surface area contributed by atoms with E-state index >= 15 is 0 Å². The molecule has 0 aromatic heterocycles. The van der Waals surface area contributed by atoms with Gasteiger partial charge in [-0.1, -0.05) is 13.0 Å². The minimum absolute atomic E-state index is 0.0855. The van der Waals surface area contributed by atoms with Crippen molar-refractivity contribution < 1.29 is 19.1 Å². The topological polar surface area (TPSA) is 88.7 Å². The highest BCUT2D eigenvalue weighted by molar-refractivity contribution is 8.00. The lowest BCUT2D eigenvalue weighted by Gasteiger charge is -2.17. The average molecular weight is 400 g/mol. The number of hydrogen-bond donors (Lipinski definition) is 3. The molecule has 0 aliphatic carbocycles. The van der Waals surface area contributed by atoms with Crippen LogP contribution in [-0.2, 0) is 19.1 Å². The van der Waals surface area contributed by atoms with E-state index in [1.54, 1.807) is 6.92 Å². The summed E-state index contributed by atoms with van der Waals surface area (Å²) < 4.78 is 10.6. The van der Waals surface area contributed by atoms with Crippen LogP contribution in [-0.4, -0.2) is 67.7 Å². The van der Waals surface area contributed by atoms with E-state index in [4.69, 9.17) is 9.47 Å². The number of carbonyl (C=O) groups is 2. The fourth-order valence-corrected chi connectivity index (χ4v) is 4.81. The van der Waals surface area contributed by atoms with Gasteiger partial charge in [-0.2, -0.15) is 11.8 Å². The van der Waals surface area contributed by atoms with E-state index < -0.39 is 0 Å². The summed E-state index contributed by atoms with van der Waals surface area (Å²) in [4.78, 5) is 22.6. The molecule has 7 nitrogen and oxygen atoms in total. The largest absolute Gasteiger partial charge is 0.379 e. The molecular formula is C19H33N3O4S. The summed E-state index contributed by atoms with van der Waals surface area (Å²) in [6.45, 7) is 7.88. The van der Waals surface area contributed by atoms with Gasteiger partial charge in [0.25, 0.3) is 0 Å². The van der Waals surface area contributed by atoms with Crippen molar-refractivity contribution in [2.24, 2.45) is 0 Å². The molecule has 0 saturated carbocycles. The second-order valence-electron chi connectivity index (χ2n) is 7.04. The molecule has 2 aliphatic heterocycles. The molecule has 2 rings (SSSR count). The highest BCUT2D eigenvalue weighted by Gasteiger charge is 2.40. The number of thioether (sulfide) groups is 1. The van der Waals surface area contributed by atoms with Crippen molar-refractivity contribution in [1.29, 1.82) is 0 Å². The quantitative estimate of drug-likeness (QED) is 0.378. The molecule has 27 heavy (non-hydrogen) atoms. The lowest BCUT2D eigenvalue weighted by atomic mass is 10.0. The smallest absolute Gasteiger partial charge is 0.220 e. The maximum atomic E-state index is 11.8. The van der Waals surface area contributed by atoms with Crippen LogP contribution in [0.4, 0.5) is 0 Å². The Kier molecular flexibility index (Phi) is 10.0. The van der Waals surface area contributed by atoms with Crippen LogP contribution in [0.2, 0.25) is 0 Å². The van der Waals surface area contributed by atoms with Crippen LogP contribution in [0.15, 0.2) is 12.4 Å². The van der Waals surface area contributed by atoms with Gasteiger partial charge < -0.3 is 25.4 Å². The summed E-state index contributed by atoms with van der Waals surface area (Å²) in [6.07, 6.45) is 4.13. The molecule has 3 atom stereocenters. The van der Waals surface area contributed by atoms with E-state index in [1.165, 1.54) is 0 Å². The number of ether oxygens (including phenoxy) is 2. The molecule has 8 heteroatoms. The third-order valence-corrected chi connectivity index (χ3v) is 6.21. The maximum Gasteiger partial charge on any atom is 0.220 e. The van der Waals surface area contributed by atoms with Gasteiger partial charge in [0.1, 0.15) is 5.78 Å². The summed E-state index contributed by atoms with van der Waals surface area (Å²) in [6, 6.07) is 0.996. The van der Waals surface area contributed by atoms with Crippen LogP contribution in [0.25, 0.3) is 0 Å². The first-order valence-electron chi connectivity index (χ1n) is 9.81. The number of Topliss-reactive ketones (excluding diaryl/α,β-unsaturated/α-hetero) is 1. The summed E-state index contributed by atoms with van der Waals surface area (Å²) in [5.41, 5.74) is 0. The Hall–Kier alpha value is -1.25. The minimum atomic E-state index is 0.0855. The molecule has 0 spiro atoms. The van der Waals surface area contributed by atoms with E-state index in [-0.39, 0.29) is 11.7 Å². The first kappa shape index (κ1) is 22.0. The molecule has 2 aliphatic rings. The third kappa shape index (κ3) is 8.53. The predicted molar refractivity (Wildman–Crippen MR) is 108 cm³/mol. The van der Waals surface area contributed by atoms with Crippen molar-refractivity contribution in [3.05, 3.63) is 12.4 Å². The Morgan fingerprint density at radius 2 is 1.93 bits per heavy atom. The normalized spacial score (nSPS) is 23.6. The van der Waals surface area contributed by atoms with Crippen LogP contribution in [0.3, 0.4) is 0 Å².